The number of carboxylic acids is 1. The average Bonchev–Trinajstić information content (AvgIpc) is 2.34. The minimum Gasteiger partial charge on any atom is -0.480 e. The summed E-state index contributed by atoms with van der Waals surface area (Å²) in [5, 5.41) is 11.5. The fourth-order valence-corrected chi connectivity index (χ4v) is 1.96. The van der Waals surface area contributed by atoms with E-state index in [1.807, 2.05) is 6.26 Å². The molecular weight excluding hydrogens is 276 g/mol. The third-order valence-corrected chi connectivity index (χ3v) is 3.16. The molecule has 1 atom stereocenters. The summed E-state index contributed by atoms with van der Waals surface area (Å²) in [6, 6.07) is 2.15. The van der Waals surface area contributed by atoms with Gasteiger partial charge in [-0.2, -0.15) is 11.8 Å². The van der Waals surface area contributed by atoms with Crippen LogP contribution in [0.3, 0.4) is 0 Å². The van der Waals surface area contributed by atoms with Gasteiger partial charge in [-0.25, -0.2) is 9.78 Å². The lowest BCUT2D eigenvalue weighted by Gasteiger charge is -2.14. The van der Waals surface area contributed by atoms with E-state index in [-0.39, 0.29) is 10.7 Å². The molecule has 0 bridgehead atoms. The molecule has 98 valence electrons. The van der Waals surface area contributed by atoms with Crippen molar-refractivity contribution in [3.05, 3.63) is 29.0 Å². The van der Waals surface area contributed by atoms with Crippen LogP contribution in [0.15, 0.2) is 18.3 Å². The number of carbonyl (C=O) groups excluding carboxylic acids is 1. The maximum absolute atomic E-state index is 11.8. The van der Waals surface area contributed by atoms with Crippen LogP contribution < -0.4 is 5.32 Å². The van der Waals surface area contributed by atoms with E-state index in [2.05, 4.69) is 10.3 Å². The van der Waals surface area contributed by atoms with Crippen molar-refractivity contribution in [3.63, 3.8) is 0 Å². The highest BCUT2D eigenvalue weighted by Gasteiger charge is 2.21. The molecule has 1 aromatic heterocycles. The van der Waals surface area contributed by atoms with Gasteiger partial charge in [-0.3, -0.25) is 4.79 Å². The Hall–Kier alpha value is -1.27. The Balaban J connectivity index is 2.72. The monoisotopic (exact) mass is 288 g/mol. The Morgan fingerprint density at radius 1 is 1.61 bits per heavy atom. The number of rotatable bonds is 6. The van der Waals surface area contributed by atoms with E-state index < -0.39 is 17.9 Å². The van der Waals surface area contributed by atoms with Crippen molar-refractivity contribution in [2.75, 3.05) is 12.0 Å². The summed E-state index contributed by atoms with van der Waals surface area (Å²) in [5.41, 5.74) is 0.176. The number of nitrogens with one attached hydrogen (secondary N) is 1. The van der Waals surface area contributed by atoms with Crippen LogP contribution in [-0.4, -0.2) is 40.0 Å². The predicted molar refractivity (Wildman–Crippen MR) is 71.1 cm³/mol. The second-order valence-corrected chi connectivity index (χ2v) is 4.83. The van der Waals surface area contributed by atoms with Gasteiger partial charge in [0.2, 0.25) is 0 Å². The molecule has 0 radical (unpaired) electrons. The first-order chi connectivity index (χ1) is 8.56. The molecule has 0 spiro atoms. The molecule has 0 fully saturated rings. The van der Waals surface area contributed by atoms with Gasteiger partial charge in [-0.15, -0.1) is 0 Å². The van der Waals surface area contributed by atoms with Crippen LogP contribution in [0.2, 0.25) is 5.15 Å². The Morgan fingerprint density at radius 3 is 2.89 bits per heavy atom. The first-order valence-electron chi connectivity index (χ1n) is 5.19. The van der Waals surface area contributed by atoms with Crippen molar-refractivity contribution in [1.29, 1.82) is 0 Å². The Bertz CT molecular complexity index is 442. The Labute approximate surface area is 114 Å². The minimum atomic E-state index is -1.06. The molecule has 1 amide bonds. The molecule has 0 aliphatic rings. The number of aromatic nitrogens is 1. The fourth-order valence-electron chi connectivity index (χ4n) is 1.28. The molecule has 2 N–H and O–H groups in total. The number of nitrogens with zero attached hydrogens (tertiary/aromatic N) is 1. The van der Waals surface area contributed by atoms with Gasteiger partial charge in [-0.1, -0.05) is 11.6 Å². The topological polar surface area (TPSA) is 79.3 Å². The first-order valence-corrected chi connectivity index (χ1v) is 6.96. The molecule has 1 aromatic rings. The zero-order valence-electron chi connectivity index (χ0n) is 9.72. The van der Waals surface area contributed by atoms with E-state index in [1.165, 1.54) is 24.0 Å². The molecule has 0 aromatic carbocycles. The van der Waals surface area contributed by atoms with Crippen molar-refractivity contribution < 1.29 is 14.7 Å². The van der Waals surface area contributed by atoms with E-state index in [9.17, 15) is 9.59 Å². The van der Waals surface area contributed by atoms with Gasteiger partial charge in [0, 0.05) is 6.20 Å². The summed E-state index contributed by atoms with van der Waals surface area (Å²) in [6.45, 7) is 0. The maximum Gasteiger partial charge on any atom is 0.326 e. The zero-order valence-corrected chi connectivity index (χ0v) is 11.3. The lowest BCUT2D eigenvalue weighted by Crippen LogP contribution is -2.41. The van der Waals surface area contributed by atoms with E-state index in [0.29, 0.717) is 12.2 Å². The van der Waals surface area contributed by atoms with Gasteiger partial charge < -0.3 is 10.4 Å². The number of halogens is 1. The summed E-state index contributed by atoms with van der Waals surface area (Å²) in [4.78, 5) is 26.6. The van der Waals surface area contributed by atoms with Crippen LogP contribution in [0, 0.1) is 0 Å². The third-order valence-electron chi connectivity index (χ3n) is 2.22. The van der Waals surface area contributed by atoms with Gasteiger partial charge >= 0.3 is 5.97 Å². The minimum absolute atomic E-state index is 0.0593. The van der Waals surface area contributed by atoms with E-state index in [1.54, 1.807) is 6.07 Å². The quantitative estimate of drug-likeness (QED) is 0.779. The number of amides is 1. The van der Waals surface area contributed by atoms with Crippen LogP contribution in [0.25, 0.3) is 0 Å². The van der Waals surface area contributed by atoms with Crippen LogP contribution in [0.4, 0.5) is 0 Å². The summed E-state index contributed by atoms with van der Waals surface area (Å²) >= 11 is 7.28. The number of aliphatic carboxylic acids is 1. The largest absolute Gasteiger partial charge is 0.480 e. The number of pyridine rings is 1. The smallest absolute Gasteiger partial charge is 0.326 e. The highest BCUT2D eigenvalue weighted by molar-refractivity contribution is 7.98. The van der Waals surface area contributed by atoms with Gasteiger partial charge in [0.25, 0.3) is 5.91 Å². The maximum atomic E-state index is 11.8. The summed E-state index contributed by atoms with van der Waals surface area (Å²) in [5.74, 6) is -0.933. The molecule has 0 saturated carbocycles. The second kappa shape index (κ2) is 7.23. The van der Waals surface area contributed by atoms with Gasteiger partial charge in [0.1, 0.15) is 11.2 Å². The van der Waals surface area contributed by atoms with Crippen LogP contribution in [-0.2, 0) is 4.79 Å². The summed E-state index contributed by atoms with van der Waals surface area (Å²) in [6.07, 6.45) is 3.69. The first kappa shape index (κ1) is 14.8. The number of hydrogen-bond donors (Lipinski definition) is 2. The molecule has 0 aliphatic carbocycles. The second-order valence-electron chi connectivity index (χ2n) is 3.49. The van der Waals surface area contributed by atoms with Crippen molar-refractivity contribution in [3.8, 4) is 0 Å². The van der Waals surface area contributed by atoms with E-state index in [0.717, 1.165) is 0 Å². The lowest BCUT2D eigenvalue weighted by atomic mass is 10.2. The van der Waals surface area contributed by atoms with Gasteiger partial charge in [0.05, 0.1) is 5.56 Å². The highest BCUT2D eigenvalue weighted by Crippen LogP contribution is 2.12. The summed E-state index contributed by atoms with van der Waals surface area (Å²) in [7, 11) is 0. The van der Waals surface area contributed by atoms with E-state index in [4.69, 9.17) is 16.7 Å². The molecule has 1 rings (SSSR count). The lowest BCUT2D eigenvalue weighted by molar-refractivity contribution is -0.139. The molecular formula is C11H13ClN2O3S. The summed E-state index contributed by atoms with van der Waals surface area (Å²) < 4.78 is 0. The fraction of sp³-hybridized carbons (Fsp3) is 0.364. The van der Waals surface area contributed by atoms with Gasteiger partial charge in [-0.05, 0) is 30.6 Å². The highest BCUT2D eigenvalue weighted by atomic mass is 35.5. The number of thioether (sulfide) groups is 1. The van der Waals surface area contributed by atoms with Crippen LogP contribution in [0.5, 0.6) is 0 Å². The molecule has 0 saturated heterocycles. The normalized spacial score (nSPS) is 11.9. The van der Waals surface area contributed by atoms with Crippen molar-refractivity contribution in [1.82, 2.24) is 10.3 Å². The standard InChI is InChI=1S/C11H13ClN2O3S/c1-18-6-4-8(11(16)17)14-10(15)7-3-2-5-13-9(7)12/h2-3,5,8H,4,6H2,1H3,(H,14,15)(H,16,17)/t8-/m0/s1. The SMILES string of the molecule is CSCC[C@H](NC(=O)c1cccnc1Cl)C(=O)O. The van der Waals surface area contributed by atoms with Crippen molar-refractivity contribution in [2.45, 2.75) is 12.5 Å². The Morgan fingerprint density at radius 2 is 2.33 bits per heavy atom. The van der Waals surface area contributed by atoms with E-state index >= 15 is 0 Å². The van der Waals surface area contributed by atoms with Crippen LogP contribution in [0.1, 0.15) is 16.8 Å². The third kappa shape index (κ3) is 4.19. The van der Waals surface area contributed by atoms with Crippen LogP contribution >= 0.6 is 23.4 Å². The number of hydrogen-bond acceptors (Lipinski definition) is 4. The molecule has 0 aliphatic heterocycles. The predicted octanol–water partition coefficient (Wildman–Crippen LogP) is 1.67. The number of carboxylic acid groups (broad SMARTS) is 1. The molecule has 18 heavy (non-hydrogen) atoms. The molecule has 7 heteroatoms. The van der Waals surface area contributed by atoms with Crippen molar-refractivity contribution >= 4 is 35.2 Å². The number of carbonyl (C=O) groups is 2. The van der Waals surface area contributed by atoms with Crippen molar-refractivity contribution in [2.24, 2.45) is 0 Å². The Kier molecular flexibility index (Phi) is 5.94. The molecule has 5 nitrogen and oxygen atoms in total. The zero-order chi connectivity index (χ0) is 13.5. The molecule has 0 unspecified atom stereocenters. The molecule has 1 heterocycles. The van der Waals surface area contributed by atoms with Gasteiger partial charge in [0.15, 0.2) is 0 Å². The average molecular weight is 289 g/mol.